The Balaban J connectivity index is 2.03. The minimum atomic E-state index is -0.891. The molecule has 1 atom stereocenters. The number of benzene rings is 1. The highest BCUT2D eigenvalue weighted by Gasteiger charge is 2.26. The summed E-state index contributed by atoms with van der Waals surface area (Å²) in [5.74, 6) is 0.115. The van der Waals surface area contributed by atoms with Crippen LogP contribution in [-0.2, 0) is 9.53 Å². The lowest BCUT2D eigenvalue weighted by Crippen LogP contribution is -2.49. The molecule has 0 bridgehead atoms. The molecule has 1 aliphatic rings. The lowest BCUT2D eigenvalue weighted by Gasteiger charge is -2.34. The number of hydrogen-bond acceptors (Lipinski definition) is 6. The van der Waals surface area contributed by atoms with Crippen molar-refractivity contribution in [3.05, 3.63) is 23.8 Å². The third kappa shape index (κ3) is 5.34. The van der Waals surface area contributed by atoms with Gasteiger partial charge in [-0.25, -0.2) is 0 Å². The summed E-state index contributed by atoms with van der Waals surface area (Å²) >= 11 is 0. The SMILES string of the molecule is CCOc1ccc(C(=O)N2CCOC(CN(C)CC(=O)O)C2)cc1OC. The first-order chi connectivity index (χ1) is 12.4. The van der Waals surface area contributed by atoms with E-state index in [4.69, 9.17) is 19.3 Å². The molecule has 8 heteroatoms. The molecule has 0 aromatic heterocycles. The maximum absolute atomic E-state index is 12.8. The zero-order valence-corrected chi connectivity index (χ0v) is 15.4. The third-order valence-electron chi connectivity index (χ3n) is 4.06. The number of carbonyl (C=O) groups is 2. The van der Waals surface area contributed by atoms with E-state index in [9.17, 15) is 9.59 Å². The molecular weight excluding hydrogens is 340 g/mol. The number of aliphatic carboxylic acids is 1. The number of likely N-dealkylation sites (N-methyl/N-ethyl adjacent to an activating group) is 1. The van der Waals surface area contributed by atoms with E-state index in [1.165, 1.54) is 7.11 Å². The van der Waals surface area contributed by atoms with Gasteiger partial charge in [0.1, 0.15) is 0 Å². The molecule has 1 amide bonds. The molecule has 0 saturated carbocycles. The van der Waals surface area contributed by atoms with Crippen LogP contribution in [-0.4, -0.2) is 86.4 Å². The largest absolute Gasteiger partial charge is 0.493 e. The molecule has 2 rings (SSSR count). The van der Waals surface area contributed by atoms with Crippen molar-refractivity contribution in [2.75, 3.05) is 53.6 Å². The number of carboxylic acids is 1. The topological polar surface area (TPSA) is 88.5 Å². The lowest BCUT2D eigenvalue weighted by atomic mass is 10.1. The first-order valence-corrected chi connectivity index (χ1v) is 8.56. The molecule has 8 nitrogen and oxygen atoms in total. The van der Waals surface area contributed by atoms with Crippen LogP contribution in [0.4, 0.5) is 0 Å². The molecular formula is C18H26N2O6. The second kappa shape index (κ2) is 9.40. The monoisotopic (exact) mass is 366 g/mol. The summed E-state index contributed by atoms with van der Waals surface area (Å²) in [6.07, 6.45) is -0.221. The van der Waals surface area contributed by atoms with Gasteiger partial charge in [0, 0.05) is 25.2 Å². The van der Waals surface area contributed by atoms with Crippen LogP contribution >= 0.6 is 0 Å². The van der Waals surface area contributed by atoms with Gasteiger partial charge in [0.05, 0.1) is 33.0 Å². The molecule has 1 N–H and O–H groups in total. The van der Waals surface area contributed by atoms with E-state index in [2.05, 4.69) is 0 Å². The fraction of sp³-hybridized carbons (Fsp3) is 0.556. The molecule has 1 heterocycles. The average molecular weight is 366 g/mol. The molecule has 1 fully saturated rings. The maximum Gasteiger partial charge on any atom is 0.317 e. The molecule has 1 aliphatic heterocycles. The Labute approximate surface area is 153 Å². The fourth-order valence-electron chi connectivity index (χ4n) is 2.92. The number of carbonyl (C=O) groups excluding carboxylic acids is 1. The highest BCUT2D eigenvalue weighted by Crippen LogP contribution is 2.28. The Hall–Kier alpha value is -2.32. The molecule has 0 aliphatic carbocycles. The first kappa shape index (κ1) is 20.0. The van der Waals surface area contributed by atoms with E-state index in [-0.39, 0.29) is 18.6 Å². The Morgan fingerprint density at radius 3 is 2.81 bits per heavy atom. The summed E-state index contributed by atoms with van der Waals surface area (Å²) < 4.78 is 16.5. The van der Waals surface area contributed by atoms with Gasteiger partial charge < -0.3 is 24.2 Å². The summed E-state index contributed by atoms with van der Waals surface area (Å²) in [6.45, 7) is 4.11. The Morgan fingerprint density at radius 1 is 1.38 bits per heavy atom. The third-order valence-corrected chi connectivity index (χ3v) is 4.06. The number of methoxy groups -OCH3 is 1. The summed E-state index contributed by atoms with van der Waals surface area (Å²) in [5, 5.41) is 8.84. The summed E-state index contributed by atoms with van der Waals surface area (Å²) in [6, 6.07) is 5.12. The van der Waals surface area contributed by atoms with Crippen LogP contribution < -0.4 is 9.47 Å². The quantitative estimate of drug-likeness (QED) is 0.733. The molecule has 0 radical (unpaired) electrons. The van der Waals surface area contributed by atoms with Crippen molar-refractivity contribution >= 4 is 11.9 Å². The number of nitrogens with zero attached hydrogens (tertiary/aromatic N) is 2. The lowest BCUT2D eigenvalue weighted by molar-refractivity contribution is -0.138. The van der Waals surface area contributed by atoms with Crippen LogP contribution in [0.1, 0.15) is 17.3 Å². The number of morpholine rings is 1. The van der Waals surface area contributed by atoms with E-state index in [1.54, 1.807) is 35.0 Å². The van der Waals surface area contributed by atoms with E-state index >= 15 is 0 Å². The van der Waals surface area contributed by atoms with Gasteiger partial charge in [0.25, 0.3) is 5.91 Å². The molecule has 1 unspecified atom stereocenters. The van der Waals surface area contributed by atoms with Gasteiger partial charge in [-0.15, -0.1) is 0 Å². The predicted octanol–water partition coefficient (Wildman–Crippen LogP) is 0.951. The molecule has 144 valence electrons. The van der Waals surface area contributed by atoms with Crippen LogP contribution in [0.25, 0.3) is 0 Å². The smallest absolute Gasteiger partial charge is 0.317 e. The summed E-state index contributed by atoms with van der Waals surface area (Å²) in [4.78, 5) is 27.0. The molecule has 26 heavy (non-hydrogen) atoms. The van der Waals surface area contributed by atoms with Crippen LogP contribution in [0.15, 0.2) is 18.2 Å². The van der Waals surface area contributed by atoms with Gasteiger partial charge >= 0.3 is 5.97 Å². The maximum atomic E-state index is 12.8. The molecule has 1 saturated heterocycles. The second-order valence-electron chi connectivity index (χ2n) is 6.13. The van der Waals surface area contributed by atoms with Crippen molar-refractivity contribution in [2.24, 2.45) is 0 Å². The van der Waals surface area contributed by atoms with Crippen LogP contribution in [0.3, 0.4) is 0 Å². The van der Waals surface area contributed by atoms with Crippen molar-refractivity contribution in [3.8, 4) is 11.5 Å². The molecule has 1 aromatic rings. The molecule has 1 aromatic carbocycles. The van der Waals surface area contributed by atoms with Crippen LogP contribution in [0.2, 0.25) is 0 Å². The number of ether oxygens (including phenoxy) is 3. The molecule has 0 spiro atoms. The number of amides is 1. The normalized spacial score (nSPS) is 17.2. The van der Waals surface area contributed by atoms with Crippen LogP contribution in [0, 0.1) is 0 Å². The van der Waals surface area contributed by atoms with Crippen molar-refractivity contribution in [1.82, 2.24) is 9.80 Å². The van der Waals surface area contributed by atoms with Gasteiger partial charge in [0.15, 0.2) is 11.5 Å². The first-order valence-electron chi connectivity index (χ1n) is 8.56. The minimum Gasteiger partial charge on any atom is -0.493 e. The number of rotatable bonds is 8. The number of hydrogen-bond donors (Lipinski definition) is 1. The van der Waals surface area contributed by atoms with Crippen molar-refractivity contribution in [2.45, 2.75) is 13.0 Å². The van der Waals surface area contributed by atoms with Gasteiger partial charge in [-0.1, -0.05) is 0 Å². The van der Waals surface area contributed by atoms with Crippen LogP contribution in [0.5, 0.6) is 11.5 Å². The van der Waals surface area contributed by atoms with E-state index in [0.29, 0.717) is 49.9 Å². The Bertz CT molecular complexity index is 636. The van der Waals surface area contributed by atoms with Gasteiger partial charge in [-0.05, 0) is 32.2 Å². The standard InChI is InChI=1S/C18H26N2O6/c1-4-25-15-6-5-13(9-16(15)24-3)18(23)20-7-8-26-14(11-20)10-19(2)12-17(21)22/h5-6,9,14H,4,7-8,10-12H2,1-3H3,(H,21,22). The van der Waals surface area contributed by atoms with Gasteiger partial charge in [-0.3, -0.25) is 14.5 Å². The zero-order chi connectivity index (χ0) is 19.1. The zero-order valence-electron chi connectivity index (χ0n) is 15.4. The Kier molecular flexibility index (Phi) is 7.23. The predicted molar refractivity (Wildman–Crippen MR) is 94.9 cm³/mol. The van der Waals surface area contributed by atoms with Gasteiger partial charge in [-0.2, -0.15) is 0 Å². The van der Waals surface area contributed by atoms with Crippen molar-refractivity contribution in [1.29, 1.82) is 0 Å². The summed E-state index contributed by atoms with van der Waals surface area (Å²) in [5.41, 5.74) is 0.518. The van der Waals surface area contributed by atoms with E-state index in [0.717, 1.165) is 0 Å². The number of carboxylic acid groups (broad SMARTS) is 1. The second-order valence-corrected chi connectivity index (χ2v) is 6.13. The van der Waals surface area contributed by atoms with E-state index in [1.807, 2.05) is 6.92 Å². The van der Waals surface area contributed by atoms with Crippen molar-refractivity contribution in [3.63, 3.8) is 0 Å². The van der Waals surface area contributed by atoms with E-state index < -0.39 is 5.97 Å². The highest BCUT2D eigenvalue weighted by atomic mass is 16.5. The van der Waals surface area contributed by atoms with Crippen molar-refractivity contribution < 1.29 is 28.9 Å². The minimum absolute atomic E-state index is 0.0656. The highest BCUT2D eigenvalue weighted by molar-refractivity contribution is 5.95. The Morgan fingerprint density at radius 2 is 2.15 bits per heavy atom. The fourth-order valence-corrected chi connectivity index (χ4v) is 2.92. The average Bonchev–Trinajstić information content (AvgIpc) is 2.61. The van der Waals surface area contributed by atoms with Gasteiger partial charge in [0.2, 0.25) is 0 Å². The summed E-state index contributed by atoms with van der Waals surface area (Å²) in [7, 11) is 3.25.